The molecule has 1 heterocycles. The van der Waals surface area contributed by atoms with E-state index in [1.807, 2.05) is 17.5 Å². The number of benzene rings is 1. The van der Waals surface area contributed by atoms with Crippen molar-refractivity contribution in [2.75, 3.05) is 0 Å². The highest BCUT2D eigenvalue weighted by atomic mass is 35.5. The van der Waals surface area contributed by atoms with Crippen LogP contribution in [0.25, 0.3) is 0 Å². The summed E-state index contributed by atoms with van der Waals surface area (Å²) in [6.07, 6.45) is -0.0242. The topological polar surface area (TPSA) is 49.3 Å². The van der Waals surface area contributed by atoms with Gasteiger partial charge in [0, 0.05) is 16.4 Å². The fourth-order valence-corrected chi connectivity index (χ4v) is 2.94. The molecule has 2 N–H and O–H groups in total. The van der Waals surface area contributed by atoms with Crippen molar-refractivity contribution in [1.29, 1.82) is 0 Å². The second kappa shape index (κ2) is 6.83. The fraction of sp³-hybridized carbons (Fsp3) is 0.214. The summed E-state index contributed by atoms with van der Waals surface area (Å²) in [6, 6.07) is 7.72. The zero-order valence-electron chi connectivity index (χ0n) is 10.5. The Bertz CT molecular complexity index is 569. The van der Waals surface area contributed by atoms with Gasteiger partial charge in [0.1, 0.15) is 5.82 Å². The van der Waals surface area contributed by atoms with Crippen LogP contribution in [0, 0.1) is 5.82 Å². The first-order valence-electron chi connectivity index (χ1n) is 5.98. The summed E-state index contributed by atoms with van der Waals surface area (Å²) in [4.78, 5) is 11.8. The molecule has 1 unspecified atom stereocenters. The number of thiophene rings is 1. The summed E-state index contributed by atoms with van der Waals surface area (Å²) < 4.78 is 13.2. The molecule has 0 saturated carbocycles. The van der Waals surface area contributed by atoms with E-state index in [1.54, 1.807) is 6.07 Å². The minimum absolute atomic E-state index is 0.0242. The van der Waals surface area contributed by atoms with Gasteiger partial charge in [0.25, 0.3) is 0 Å². The smallest absolute Gasteiger partial charge is 0.305 e. The second-order valence-electron chi connectivity index (χ2n) is 4.32. The van der Waals surface area contributed by atoms with Crippen molar-refractivity contribution in [3.8, 4) is 0 Å². The van der Waals surface area contributed by atoms with Crippen molar-refractivity contribution < 1.29 is 14.3 Å². The molecule has 0 amide bonds. The van der Waals surface area contributed by atoms with Crippen LogP contribution in [0.4, 0.5) is 4.39 Å². The summed E-state index contributed by atoms with van der Waals surface area (Å²) in [5, 5.41) is 14.3. The van der Waals surface area contributed by atoms with Gasteiger partial charge in [-0.2, -0.15) is 0 Å². The highest BCUT2D eigenvalue weighted by molar-refractivity contribution is 7.10. The molecule has 0 fully saturated rings. The molecule has 0 radical (unpaired) electrons. The molecule has 1 aromatic carbocycles. The van der Waals surface area contributed by atoms with Crippen molar-refractivity contribution >= 4 is 28.9 Å². The number of aliphatic carboxylic acids is 1. The summed E-state index contributed by atoms with van der Waals surface area (Å²) in [5.74, 6) is -1.28. The van der Waals surface area contributed by atoms with E-state index in [0.717, 1.165) is 4.88 Å². The maximum absolute atomic E-state index is 13.2. The number of halogens is 2. The van der Waals surface area contributed by atoms with Gasteiger partial charge in [-0.05, 0) is 35.2 Å². The van der Waals surface area contributed by atoms with Crippen LogP contribution >= 0.6 is 22.9 Å². The number of hydrogen-bond donors (Lipinski definition) is 2. The molecular weight excluding hydrogens is 301 g/mol. The SMILES string of the molecule is O=C(O)CC(NCc1cc(F)cc(Cl)c1)c1cccs1. The second-order valence-corrected chi connectivity index (χ2v) is 5.74. The normalized spacial score (nSPS) is 12.3. The first-order chi connectivity index (χ1) is 9.54. The third-order valence-electron chi connectivity index (χ3n) is 2.74. The van der Waals surface area contributed by atoms with Gasteiger partial charge >= 0.3 is 5.97 Å². The van der Waals surface area contributed by atoms with E-state index in [0.29, 0.717) is 17.1 Å². The maximum atomic E-state index is 13.2. The predicted molar refractivity (Wildman–Crippen MR) is 77.6 cm³/mol. The first kappa shape index (κ1) is 15.0. The van der Waals surface area contributed by atoms with E-state index in [1.165, 1.54) is 23.5 Å². The average molecular weight is 314 g/mol. The van der Waals surface area contributed by atoms with Crippen molar-refractivity contribution in [2.45, 2.75) is 19.0 Å². The molecule has 0 bridgehead atoms. The summed E-state index contributed by atoms with van der Waals surface area (Å²) in [7, 11) is 0. The number of nitrogens with one attached hydrogen (secondary N) is 1. The summed E-state index contributed by atoms with van der Waals surface area (Å²) in [5.41, 5.74) is 0.682. The molecule has 0 aliphatic rings. The zero-order valence-corrected chi connectivity index (χ0v) is 12.0. The highest BCUT2D eigenvalue weighted by Gasteiger charge is 2.16. The Labute approximate surface area is 125 Å². The Hall–Kier alpha value is -1.43. The van der Waals surface area contributed by atoms with Gasteiger partial charge < -0.3 is 10.4 Å². The Morgan fingerprint density at radius 2 is 2.25 bits per heavy atom. The number of carbonyl (C=O) groups is 1. The van der Waals surface area contributed by atoms with E-state index >= 15 is 0 Å². The predicted octanol–water partition coefficient (Wildman–Crippen LogP) is 3.85. The third-order valence-corrected chi connectivity index (χ3v) is 3.94. The van der Waals surface area contributed by atoms with Crippen LogP contribution in [0.3, 0.4) is 0 Å². The van der Waals surface area contributed by atoms with Gasteiger partial charge in [-0.3, -0.25) is 4.79 Å². The van der Waals surface area contributed by atoms with Crippen LogP contribution in [0.5, 0.6) is 0 Å². The lowest BCUT2D eigenvalue weighted by molar-refractivity contribution is -0.137. The van der Waals surface area contributed by atoms with Gasteiger partial charge in [-0.25, -0.2) is 4.39 Å². The lowest BCUT2D eigenvalue weighted by Gasteiger charge is -2.15. The molecule has 2 aromatic rings. The number of carboxylic acids is 1. The van der Waals surface area contributed by atoms with E-state index in [-0.39, 0.29) is 12.5 Å². The van der Waals surface area contributed by atoms with Gasteiger partial charge in [0.05, 0.1) is 12.5 Å². The lowest BCUT2D eigenvalue weighted by Crippen LogP contribution is -2.22. The van der Waals surface area contributed by atoms with Crippen molar-refractivity contribution in [1.82, 2.24) is 5.32 Å². The number of hydrogen-bond acceptors (Lipinski definition) is 3. The minimum atomic E-state index is -0.881. The van der Waals surface area contributed by atoms with E-state index in [2.05, 4.69) is 5.32 Å². The van der Waals surface area contributed by atoms with Crippen LogP contribution in [0.15, 0.2) is 35.7 Å². The zero-order chi connectivity index (χ0) is 14.5. The van der Waals surface area contributed by atoms with E-state index in [4.69, 9.17) is 16.7 Å². The molecule has 106 valence electrons. The Kier molecular flexibility index (Phi) is 5.11. The third kappa shape index (κ3) is 4.30. The molecule has 20 heavy (non-hydrogen) atoms. The van der Waals surface area contributed by atoms with Crippen molar-refractivity contribution in [2.24, 2.45) is 0 Å². The first-order valence-corrected chi connectivity index (χ1v) is 7.24. The van der Waals surface area contributed by atoms with Gasteiger partial charge in [0.15, 0.2) is 0 Å². The molecule has 1 atom stereocenters. The van der Waals surface area contributed by atoms with Gasteiger partial charge in [-0.15, -0.1) is 11.3 Å². The van der Waals surface area contributed by atoms with E-state index < -0.39 is 11.8 Å². The van der Waals surface area contributed by atoms with Crippen molar-refractivity contribution in [3.63, 3.8) is 0 Å². The molecule has 1 aromatic heterocycles. The fourth-order valence-electron chi connectivity index (χ4n) is 1.89. The average Bonchev–Trinajstić information content (AvgIpc) is 2.86. The molecule has 6 heteroatoms. The summed E-state index contributed by atoms with van der Waals surface area (Å²) in [6.45, 7) is 0.354. The van der Waals surface area contributed by atoms with Crippen molar-refractivity contribution in [3.05, 3.63) is 57.0 Å². The van der Waals surface area contributed by atoms with Crippen LogP contribution in [0.1, 0.15) is 22.9 Å². The molecule has 0 aliphatic carbocycles. The number of carboxylic acid groups (broad SMARTS) is 1. The van der Waals surface area contributed by atoms with Crippen LogP contribution in [0.2, 0.25) is 5.02 Å². The highest BCUT2D eigenvalue weighted by Crippen LogP contribution is 2.23. The molecule has 0 saturated heterocycles. The Morgan fingerprint density at radius 1 is 1.45 bits per heavy atom. The molecular formula is C14H13ClFNO2S. The Morgan fingerprint density at radius 3 is 2.85 bits per heavy atom. The molecule has 3 nitrogen and oxygen atoms in total. The molecule has 0 aliphatic heterocycles. The van der Waals surface area contributed by atoms with Crippen LogP contribution in [-0.4, -0.2) is 11.1 Å². The Balaban J connectivity index is 2.06. The quantitative estimate of drug-likeness (QED) is 0.851. The van der Waals surface area contributed by atoms with Gasteiger partial charge in [-0.1, -0.05) is 17.7 Å². The molecule has 2 rings (SSSR count). The monoisotopic (exact) mass is 313 g/mol. The van der Waals surface area contributed by atoms with Crippen LogP contribution in [-0.2, 0) is 11.3 Å². The largest absolute Gasteiger partial charge is 0.481 e. The summed E-state index contributed by atoms with van der Waals surface area (Å²) >= 11 is 7.28. The van der Waals surface area contributed by atoms with E-state index in [9.17, 15) is 9.18 Å². The van der Waals surface area contributed by atoms with Gasteiger partial charge in [0.2, 0.25) is 0 Å². The van der Waals surface area contributed by atoms with Crippen LogP contribution < -0.4 is 5.32 Å². The molecule has 0 spiro atoms. The maximum Gasteiger partial charge on any atom is 0.305 e. The minimum Gasteiger partial charge on any atom is -0.481 e. The lowest BCUT2D eigenvalue weighted by atomic mass is 10.1. The standard InChI is InChI=1S/C14H13ClFNO2S/c15-10-4-9(5-11(16)6-10)8-17-12(7-14(18)19)13-2-1-3-20-13/h1-6,12,17H,7-8H2,(H,18,19). The number of rotatable bonds is 6.